The van der Waals surface area contributed by atoms with Crippen LogP contribution in [-0.2, 0) is 8.85 Å². The lowest BCUT2D eigenvalue weighted by molar-refractivity contribution is 0.175. The SMILES string of the molecule is C=C[Si]1(C)OCCN(c2ccccc2)CCO1. The predicted molar refractivity (Wildman–Crippen MR) is 72.4 cm³/mol. The lowest BCUT2D eigenvalue weighted by Crippen LogP contribution is -2.45. The molecule has 17 heavy (non-hydrogen) atoms. The van der Waals surface area contributed by atoms with Gasteiger partial charge in [0.2, 0.25) is 0 Å². The van der Waals surface area contributed by atoms with Gasteiger partial charge in [-0.15, -0.1) is 6.58 Å². The standard InChI is InChI=1S/C13H19NO2Si/c1-3-17(2)15-11-9-14(10-12-16-17)13-7-5-4-6-8-13/h3-8H,1,9-12H2,2H3. The Bertz CT molecular complexity index is 359. The van der Waals surface area contributed by atoms with Gasteiger partial charge >= 0.3 is 8.56 Å². The van der Waals surface area contributed by atoms with E-state index in [4.69, 9.17) is 8.85 Å². The quantitative estimate of drug-likeness (QED) is 0.751. The van der Waals surface area contributed by atoms with E-state index in [9.17, 15) is 0 Å². The largest absolute Gasteiger partial charge is 0.390 e. The third-order valence-corrected chi connectivity index (χ3v) is 5.29. The van der Waals surface area contributed by atoms with E-state index in [1.165, 1.54) is 5.69 Å². The Morgan fingerprint density at radius 3 is 2.29 bits per heavy atom. The van der Waals surface area contributed by atoms with Gasteiger partial charge in [0.15, 0.2) is 0 Å². The molecule has 92 valence electrons. The highest BCUT2D eigenvalue weighted by molar-refractivity contribution is 6.71. The van der Waals surface area contributed by atoms with Crippen LogP contribution >= 0.6 is 0 Å². The number of hydrogen-bond acceptors (Lipinski definition) is 3. The summed E-state index contributed by atoms with van der Waals surface area (Å²) >= 11 is 0. The molecule has 0 N–H and O–H groups in total. The van der Waals surface area contributed by atoms with Crippen LogP contribution in [0.4, 0.5) is 5.69 Å². The maximum absolute atomic E-state index is 5.83. The van der Waals surface area contributed by atoms with Crippen LogP contribution in [0.25, 0.3) is 0 Å². The first-order valence-corrected chi connectivity index (χ1v) is 8.34. The van der Waals surface area contributed by atoms with Crippen molar-refractivity contribution in [3.8, 4) is 0 Å². The van der Waals surface area contributed by atoms with Gasteiger partial charge in [-0.1, -0.05) is 18.2 Å². The average Bonchev–Trinajstić information content (AvgIpc) is 2.35. The van der Waals surface area contributed by atoms with Crippen molar-refractivity contribution < 1.29 is 8.85 Å². The number of rotatable bonds is 2. The molecule has 1 aliphatic heterocycles. The van der Waals surface area contributed by atoms with Gasteiger partial charge in [-0.05, 0) is 24.4 Å². The smallest absolute Gasteiger partial charge is 0.361 e. The topological polar surface area (TPSA) is 21.7 Å². The second-order valence-corrected chi connectivity index (χ2v) is 7.26. The molecular formula is C13H19NO2Si. The molecule has 0 aromatic heterocycles. The molecule has 4 heteroatoms. The maximum Gasteiger partial charge on any atom is 0.361 e. The highest BCUT2D eigenvalue weighted by Crippen LogP contribution is 2.16. The maximum atomic E-state index is 5.83. The molecule has 1 fully saturated rings. The number of benzene rings is 1. The number of nitrogens with zero attached hydrogens (tertiary/aromatic N) is 1. The van der Waals surface area contributed by atoms with Gasteiger partial charge < -0.3 is 13.8 Å². The fourth-order valence-electron chi connectivity index (χ4n) is 1.89. The molecule has 1 aromatic rings. The molecule has 0 bridgehead atoms. The number of anilines is 1. The van der Waals surface area contributed by atoms with Crippen molar-refractivity contribution in [2.45, 2.75) is 6.55 Å². The van der Waals surface area contributed by atoms with Crippen molar-refractivity contribution in [2.75, 3.05) is 31.2 Å². The van der Waals surface area contributed by atoms with Crippen LogP contribution in [0.5, 0.6) is 0 Å². The van der Waals surface area contributed by atoms with Crippen LogP contribution in [0.2, 0.25) is 6.55 Å². The highest BCUT2D eigenvalue weighted by atomic mass is 28.4. The molecule has 1 saturated heterocycles. The first kappa shape index (κ1) is 12.4. The van der Waals surface area contributed by atoms with Crippen LogP contribution in [-0.4, -0.2) is 34.9 Å². The summed E-state index contributed by atoms with van der Waals surface area (Å²) in [5.74, 6) is 0. The van der Waals surface area contributed by atoms with Crippen molar-refractivity contribution in [2.24, 2.45) is 0 Å². The van der Waals surface area contributed by atoms with Crippen LogP contribution in [0.1, 0.15) is 0 Å². The predicted octanol–water partition coefficient (Wildman–Crippen LogP) is 2.34. The molecular weight excluding hydrogens is 230 g/mol. The average molecular weight is 249 g/mol. The van der Waals surface area contributed by atoms with E-state index in [-0.39, 0.29) is 0 Å². The van der Waals surface area contributed by atoms with Crippen LogP contribution < -0.4 is 4.90 Å². The molecule has 0 saturated carbocycles. The van der Waals surface area contributed by atoms with Gasteiger partial charge in [-0.3, -0.25) is 0 Å². The Labute approximate surface area is 104 Å². The zero-order valence-electron chi connectivity index (χ0n) is 10.3. The van der Waals surface area contributed by atoms with E-state index in [2.05, 4.69) is 35.7 Å². The van der Waals surface area contributed by atoms with E-state index in [0.717, 1.165) is 13.1 Å². The zero-order valence-corrected chi connectivity index (χ0v) is 11.3. The Morgan fingerprint density at radius 2 is 1.76 bits per heavy atom. The lowest BCUT2D eigenvalue weighted by atomic mass is 10.3. The molecule has 2 rings (SSSR count). The summed E-state index contributed by atoms with van der Waals surface area (Å²) in [7, 11) is -2.09. The van der Waals surface area contributed by atoms with Gasteiger partial charge in [0.25, 0.3) is 0 Å². The van der Waals surface area contributed by atoms with Crippen molar-refractivity contribution in [3.05, 3.63) is 42.6 Å². The molecule has 1 heterocycles. The summed E-state index contributed by atoms with van der Waals surface area (Å²) in [6.07, 6.45) is 0. The monoisotopic (exact) mass is 249 g/mol. The lowest BCUT2D eigenvalue weighted by Gasteiger charge is -2.32. The normalized spacial score (nSPS) is 20.4. The molecule has 0 amide bonds. The van der Waals surface area contributed by atoms with Crippen molar-refractivity contribution >= 4 is 14.2 Å². The summed E-state index contributed by atoms with van der Waals surface area (Å²) in [6.45, 7) is 9.05. The van der Waals surface area contributed by atoms with Gasteiger partial charge in [0, 0.05) is 18.8 Å². The third kappa shape index (κ3) is 3.18. The molecule has 3 nitrogen and oxygen atoms in total. The van der Waals surface area contributed by atoms with E-state index >= 15 is 0 Å². The fourth-order valence-corrected chi connectivity index (χ4v) is 3.20. The van der Waals surface area contributed by atoms with Gasteiger partial charge in [-0.2, -0.15) is 0 Å². The Balaban J connectivity index is 1.99. The Kier molecular flexibility index (Phi) is 3.99. The molecule has 0 aliphatic carbocycles. The van der Waals surface area contributed by atoms with Crippen molar-refractivity contribution in [1.82, 2.24) is 0 Å². The second-order valence-electron chi connectivity index (χ2n) is 4.24. The summed E-state index contributed by atoms with van der Waals surface area (Å²) in [6, 6.07) is 10.4. The number of hydrogen-bond donors (Lipinski definition) is 0. The molecule has 0 unspecified atom stereocenters. The minimum absolute atomic E-state index is 0.698. The summed E-state index contributed by atoms with van der Waals surface area (Å²) in [4.78, 5) is 2.29. The Hall–Kier alpha value is -1.10. The molecule has 0 radical (unpaired) electrons. The summed E-state index contributed by atoms with van der Waals surface area (Å²) < 4.78 is 11.7. The second kappa shape index (κ2) is 5.49. The minimum Gasteiger partial charge on any atom is -0.390 e. The fraction of sp³-hybridized carbons (Fsp3) is 0.385. The first-order chi connectivity index (χ1) is 8.23. The van der Waals surface area contributed by atoms with Crippen LogP contribution in [0.3, 0.4) is 0 Å². The molecule has 0 spiro atoms. The Morgan fingerprint density at radius 1 is 1.18 bits per heavy atom. The van der Waals surface area contributed by atoms with Crippen LogP contribution in [0, 0.1) is 0 Å². The minimum atomic E-state index is -2.09. The molecule has 1 aliphatic rings. The van der Waals surface area contributed by atoms with Crippen molar-refractivity contribution in [1.29, 1.82) is 0 Å². The van der Waals surface area contributed by atoms with Gasteiger partial charge in [-0.25, -0.2) is 0 Å². The van der Waals surface area contributed by atoms with E-state index in [1.54, 1.807) is 0 Å². The molecule has 1 aromatic carbocycles. The highest BCUT2D eigenvalue weighted by Gasteiger charge is 2.29. The third-order valence-electron chi connectivity index (χ3n) is 2.99. The van der Waals surface area contributed by atoms with E-state index in [0.29, 0.717) is 13.2 Å². The molecule has 0 atom stereocenters. The van der Waals surface area contributed by atoms with Gasteiger partial charge in [0.05, 0.1) is 13.2 Å². The van der Waals surface area contributed by atoms with E-state index < -0.39 is 8.56 Å². The summed E-state index contributed by atoms with van der Waals surface area (Å²) in [5, 5.41) is 0. The van der Waals surface area contributed by atoms with Crippen molar-refractivity contribution in [3.63, 3.8) is 0 Å². The van der Waals surface area contributed by atoms with Gasteiger partial charge in [0.1, 0.15) is 0 Å². The first-order valence-electron chi connectivity index (χ1n) is 5.95. The number of para-hydroxylation sites is 1. The summed E-state index contributed by atoms with van der Waals surface area (Å²) in [5.41, 5.74) is 3.08. The zero-order chi connectivity index (χ0) is 12.1. The van der Waals surface area contributed by atoms with E-state index in [1.807, 2.05) is 18.3 Å². The van der Waals surface area contributed by atoms with Crippen LogP contribution in [0.15, 0.2) is 42.6 Å².